The number of hydrogen-bond acceptors (Lipinski definition) is 2. The van der Waals surface area contributed by atoms with Gasteiger partial charge in [-0.1, -0.05) is 17.7 Å². The second kappa shape index (κ2) is 7.87. The largest absolute Gasteiger partial charge is 0.491 e. The molecule has 2 rings (SSSR count). The van der Waals surface area contributed by atoms with Gasteiger partial charge in [-0.15, -0.1) is 0 Å². The smallest absolute Gasteiger partial charge is 0.171 e. The van der Waals surface area contributed by atoms with Crippen molar-refractivity contribution in [1.29, 1.82) is 0 Å². The van der Waals surface area contributed by atoms with E-state index in [0.29, 0.717) is 6.61 Å². The maximum atomic E-state index is 13.5. The molecule has 0 spiro atoms. The molecular weight excluding hydrogens is 318 g/mol. The summed E-state index contributed by atoms with van der Waals surface area (Å²) in [7, 11) is 0. The normalized spacial score (nSPS) is 11.7. The Labute approximate surface area is 139 Å². The minimum Gasteiger partial charge on any atom is -0.491 e. The molecule has 0 heterocycles. The van der Waals surface area contributed by atoms with Gasteiger partial charge >= 0.3 is 0 Å². The standard InChI is InChI=1S/C17H18F2N2OS/c1-11-3-6-14(7-4-11)22-10-12(2)20-17(23)21-16-8-5-13(18)9-15(16)19/h3-9,12H,10H2,1-2H3,(H2,20,21,23). The SMILES string of the molecule is Cc1ccc(OCC(C)NC(=S)Nc2ccc(F)cc2F)cc1. The Hall–Kier alpha value is -2.21. The van der Waals surface area contributed by atoms with Gasteiger partial charge in [0, 0.05) is 6.07 Å². The number of hydrogen-bond donors (Lipinski definition) is 2. The number of anilines is 1. The average Bonchev–Trinajstić information content (AvgIpc) is 2.49. The van der Waals surface area contributed by atoms with Crippen molar-refractivity contribution in [1.82, 2.24) is 5.32 Å². The van der Waals surface area contributed by atoms with Crippen molar-refractivity contribution in [3.63, 3.8) is 0 Å². The second-order valence-corrected chi connectivity index (χ2v) is 5.66. The van der Waals surface area contributed by atoms with E-state index in [9.17, 15) is 8.78 Å². The summed E-state index contributed by atoms with van der Waals surface area (Å²) in [6.07, 6.45) is 0. The van der Waals surface area contributed by atoms with Crippen LogP contribution in [-0.2, 0) is 0 Å². The first-order chi connectivity index (χ1) is 10.9. The van der Waals surface area contributed by atoms with E-state index in [0.717, 1.165) is 23.4 Å². The molecular formula is C17H18F2N2OS. The summed E-state index contributed by atoms with van der Waals surface area (Å²) in [5.74, 6) is -0.558. The van der Waals surface area contributed by atoms with Gasteiger partial charge in [-0.3, -0.25) is 0 Å². The number of rotatable bonds is 5. The first-order valence-corrected chi connectivity index (χ1v) is 7.57. The van der Waals surface area contributed by atoms with Crippen LogP contribution in [0.1, 0.15) is 12.5 Å². The molecule has 1 atom stereocenters. The third kappa shape index (κ3) is 5.49. The van der Waals surface area contributed by atoms with Crippen molar-refractivity contribution in [2.24, 2.45) is 0 Å². The van der Waals surface area contributed by atoms with Crippen LogP contribution in [0.3, 0.4) is 0 Å². The molecule has 0 saturated heterocycles. The molecule has 122 valence electrons. The van der Waals surface area contributed by atoms with Gasteiger partial charge in [0.25, 0.3) is 0 Å². The lowest BCUT2D eigenvalue weighted by molar-refractivity contribution is 0.287. The van der Waals surface area contributed by atoms with Crippen molar-refractivity contribution < 1.29 is 13.5 Å². The summed E-state index contributed by atoms with van der Waals surface area (Å²) in [4.78, 5) is 0. The molecule has 0 aliphatic rings. The van der Waals surface area contributed by atoms with E-state index < -0.39 is 11.6 Å². The molecule has 0 aliphatic heterocycles. The van der Waals surface area contributed by atoms with Crippen molar-refractivity contribution >= 4 is 23.0 Å². The van der Waals surface area contributed by atoms with Gasteiger partial charge < -0.3 is 15.4 Å². The molecule has 2 aromatic rings. The van der Waals surface area contributed by atoms with Crippen LogP contribution < -0.4 is 15.4 Å². The van der Waals surface area contributed by atoms with E-state index >= 15 is 0 Å². The zero-order valence-corrected chi connectivity index (χ0v) is 13.7. The lowest BCUT2D eigenvalue weighted by atomic mass is 10.2. The maximum absolute atomic E-state index is 13.5. The number of ether oxygens (including phenoxy) is 1. The minimum atomic E-state index is -0.697. The Bertz CT molecular complexity index is 677. The molecule has 2 N–H and O–H groups in total. The lowest BCUT2D eigenvalue weighted by Gasteiger charge is -2.18. The molecule has 0 bridgehead atoms. The van der Waals surface area contributed by atoms with Crippen LogP contribution >= 0.6 is 12.2 Å². The monoisotopic (exact) mass is 336 g/mol. The summed E-state index contributed by atoms with van der Waals surface area (Å²) < 4.78 is 32.0. The predicted molar refractivity (Wildman–Crippen MR) is 91.9 cm³/mol. The molecule has 2 aromatic carbocycles. The van der Waals surface area contributed by atoms with Crippen LogP contribution in [0.5, 0.6) is 5.75 Å². The summed E-state index contributed by atoms with van der Waals surface area (Å²) in [5.41, 5.74) is 1.28. The molecule has 0 amide bonds. The Kier molecular flexibility index (Phi) is 5.87. The molecule has 0 saturated carbocycles. The number of halogens is 2. The number of nitrogens with one attached hydrogen (secondary N) is 2. The highest BCUT2D eigenvalue weighted by Crippen LogP contribution is 2.15. The third-order valence-corrected chi connectivity index (χ3v) is 3.30. The first-order valence-electron chi connectivity index (χ1n) is 7.16. The molecule has 1 unspecified atom stereocenters. The predicted octanol–water partition coefficient (Wildman–Crippen LogP) is 4.03. The van der Waals surface area contributed by atoms with Crippen LogP contribution in [-0.4, -0.2) is 17.8 Å². The summed E-state index contributed by atoms with van der Waals surface area (Å²) in [6.45, 7) is 4.30. The second-order valence-electron chi connectivity index (χ2n) is 5.25. The summed E-state index contributed by atoms with van der Waals surface area (Å²) >= 11 is 5.11. The van der Waals surface area contributed by atoms with E-state index in [4.69, 9.17) is 17.0 Å². The van der Waals surface area contributed by atoms with Gasteiger partial charge in [-0.25, -0.2) is 8.78 Å². The first kappa shape index (κ1) is 17.1. The number of aryl methyl sites for hydroxylation is 1. The number of benzene rings is 2. The van der Waals surface area contributed by atoms with Gasteiger partial charge in [-0.2, -0.15) is 0 Å². The summed E-state index contributed by atoms with van der Waals surface area (Å²) in [6, 6.07) is 10.9. The number of thiocarbonyl (C=S) groups is 1. The van der Waals surface area contributed by atoms with Crippen LogP contribution in [0, 0.1) is 18.6 Å². The highest BCUT2D eigenvalue weighted by molar-refractivity contribution is 7.80. The van der Waals surface area contributed by atoms with Gasteiger partial charge in [0.15, 0.2) is 5.11 Å². The lowest BCUT2D eigenvalue weighted by Crippen LogP contribution is -2.39. The zero-order chi connectivity index (χ0) is 16.8. The van der Waals surface area contributed by atoms with Gasteiger partial charge in [0.1, 0.15) is 24.0 Å². The quantitative estimate of drug-likeness (QED) is 0.808. The molecule has 0 aliphatic carbocycles. The molecule has 6 heteroatoms. The fourth-order valence-corrected chi connectivity index (χ4v) is 2.18. The van der Waals surface area contributed by atoms with Crippen LogP contribution in [0.25, 0.3) is 0 Å². The van der Waals surface area contributed by atoms with E-state index in [1.54, 1.807) is 0 Å². The summed E-state index contributed by atoms with van der Waals surface area (Å²) in [5, 5.41) is 5.93. The van der Waals surface area contributed by atoms with E-state index in [1.807, 2.05) is 38.1 Å². The van der Waals surface area contributed by atoms with Crippen molar-refractivity contribution in [3.05, 3.63) is 59.7 Å². The van der Waals surface area contributed by atoms with Gasteiger partial charge in [-0.05, 0) is 50.3 Å². The highest BCUT2D eigenvalue weighted by Gasteiger charge is 2.08. The Morgan fingerprint density at radius 2 is 1.87 bits per heavy atom. The maximum Gasteiger partial charge on any atom is 0.171 e. The van der Waals surface area contributed by atoms with Crippen molar-refractivity contribution in [3.8, 4) is 5.75 Å². The fraction of sp³-hybridized carbons (Fsp3) is 0.235. The molecule has 0 fully saturated rings. The van der Waals surface area contributed by atoms with Gasteiger partial charge in [0.05, 0.1) is 11.7 Å². The molecule has 0 aromatic heterocycles. The average molecular weight is 336 g/mol. The Morgan fingerprint density at radius 1 is 1.17 bits per heavy atom. The third-order valence-electron chi connectivity index (χ3n) is 3.08. The van der Waals surface area contributed by atoms with E-state index in [2.05, 4.69) is 10.6 Å². The fourth-order valence-electron chi connectivity index (χ4n) is 1.87. The van der Waals surface area contributed by atoms with E-state index in [-0.39, 0.29) is 16.8 Å². The van der Waals surface area contributed by atoms with E-state index in [1.165, 1.54) is 6.07 Å². The van der Waals surface area contributed by atoms with Crippen molar-refractivity contribution in [2.75, 3.05) is 11.9 Å². The van der Waals surface area contributed by atoms with Gasteiger partial charge in [0.2, 0.25) is 0 Å². The molecule has 0 radical (unpaired) electrons. The van der Waals surface area contributed by atoms with Crippen molar-refractivity contribution in [2.45, 2.75) is 19.9 Å². The van der Waals surface area contributed by atoms with Crippen LogP contribution in [0.15, 0.2) is 42.5 Å². The minimum absolute atomic E-state index is 0.0835. The Balaban J connectivity index is 1.81. The highest BCUT2D eigenvalue weighted by atomic mass is 32.1. The molecule has 23 heavy (non-hydrogen) atoms. The van der Waals surface area contributed by atoms with Crippen LogP contribution in [0.2, 0.25) is 0 Å². The van der Waals surface area contributed by atoms with Crippen LogP contribution in [0.4, 0.5) is 14.5 Å². The topological polar surface area (TPSA) is 33.3 Å². The molecule has 3 nitrogen and oxygen atoms in total. The Morgan fingerprint density at radius 3 is 2.52 bits per heavy atom. The zero-order valence-electron chi connectivity index (χ0n) is 12.9.